The van der Waals surface area contributed by atoms with E-state index in [0.29, 0.717) is 6.10 Å². The Morgan fingerprint density at radius 1 is 1.38 bits per heavy atom. The normalized spacial score (nSPS) is 15.7. The number of aromatic nitrogens is 1. The Hall–Kier alpha value is -1.97. The molecule has 0 bridgehead atoms. The molecule has 3 rings (SSSR count). The quantitative estimate of drug-likeness (QED) is 0.881. The molecule has 0 aliphatic heterocycles. The Bertz CT molecular complexity index is 653. The van der Waals surface area contributed by atoms with Gasteiger partial charge in [-0.2, -0.15) is 0 Å². The molecule has 21 heavy (non-hydrogen) atoms. The molecule has 0 saturated heterocycles. The lowest BCUT2D eigenvalue weighted by atomic mass is 10.1. The van der Waals surface area contributed by atoms with E-state index in [1.54, 1.807) is 0 Å². The van der Waals surface area contributed by atoms with Gasteiger partial charge in [-0.05, 0) is 55.9 Å². The molecule has 1 aromatic heterocycles. The Balaban J connectivity index is 1.95. The summed E-state index contributed by atoms with van der Waals surface area (Å²) in [6.07, 6.45) is 5.88. The SMILES string of the molecule is CCc1[nH]c2ccc(OC3CCCC3)cc2c1CC(=O)O. The molecule has 1 aromatic carbocycles. The van der Waals surface area contributed by atoms with Crippen molar-refractivity contribution in [3.8, 4) is 5.75 Å². The van der Waals surface area contributed by atoms with Crippen molar-refractivity contribution in [2.75, 3.05) is 0 Å². The number of hydrogen-bond acceptors (Lipinski definition) is 2. The molecule has 0 unspecified atom stereocenters. The van der Waals surface area contributed by atoms with Crippen LogP contribution in [-0.4, -0.2) is 22.2 Å². The number of ether oxygens (including phenoxy) is 1. The molecule has 1 heterocycles. The fourth-order valence-electron chi connectivity index (χ4n) is 3.21. The molecule has 1 fully saturated rings. The summed E-state index contributed by atoms with van der Waals surface area (Å²) in [5.41, 5.74) is 2.88. The lowest BCUT2D eigenvalue weighted by Crippen LogP contribution is -2.10. The maximum atomic E-state index is 11.1. The van der Waals surface area contributed by atoms with Crippen molar-refractivity contribution in [2.45, 2.75) is 51.6 Å². The third kappa shape index (κ3) is 2.89. The summed E-state index contributed by atoms with van der Waals surface area (Å²) < 4.78 is 6.02. The van der Waals surface area contributed by atoms with Gasteiger partial charge < -0.3 is 14.8 Å². The highest BCUT2D eigenvalue weighted by atomic mass is 16.5. The van der Waals surface area contributed by atoms with Crippen LogP contribution in [0.2, 0.25) is 0 Å². The number of aliphatic carboxylic acids is 1. The van der Waals surface area contributed by atoms with Crippen molar-refractivity contribution >= 4 is 16.9 Å². The molecular formula is C17H21NO3. The predicted octanol–water partition coefficient (Wildman–Crippen LogP) is 3.68. The molecule has 0 atom stereocenters. The minimum absolute atomic E-state index is 0.0516. The standard InChI is InChI=1S/C17H21NO3/c1-2-15-14(10-17(19)20)13-9-12(7-8-16(13)18-15)21-11-5-3-4-6-11/h7-9,11,18H,2-6,10H2,1H3,(H,19,20). The second-order valence-corrected chi connectivity index (χ2v) is 5.74. The molecule has 4 heteroatoms. The third-order valence-electron chi connectivity index (χ3n) is 4.25. The average Bonchev–Trinajstić information content (AvgIpc) is 3.07. The maximum absolute atomic E-state index is 11.1. The van der Waals surface area contributed by atoms with Gasteiger partial charge in [0.25, 0.3) is 0 Å². The van der Waals surface area contributed by atoms with Crippen molar-refractivity contribution in [3.63, 3.8) is 0 Å². The number of rotatable bonds is 5. The number of nitrogens with one attached hydrogen (secondary N) is 1. The van der Waals surface area contributed by atoms with Crippen LogP contribution in [0.5, 0.6) is 5.75 Å². The van der Waals surface area contributed by atoms with Crippen LogP contribution >= 0.6 is 0 Å². The monoisotopic (exact) mass is 287 g/mol. The number of fused-ring (bicyclic) bond motifs is 1. The summed E-state index contributed by atoms with van der Waals surface area (Å²) in [4.78, 5) is 14.4. The van der Waals surface area contributed by atoms with Crippen molar-refractivity contribution in [1.29, 1.82) is 0 Å². The summed E-state index contributed by atoms with van der Waals surface area (Å²) in [5, 5.41) is 10.1. The number of carbonyl (C=O) groups is 1. The Morgan fingerprint density at radius 2 is 2.14 bits per heavy atom. The molecule has 0 amide bonds. The van der Waals surface area contributed by atoms with E-state index in [-0.39, 0.29) is 6.42 Å². The van der Waals surface area contributed by atoms with Gasteiger partial charge in [0.15, 0.2) is 0 Å². The molecule has 112 valence electrons. The average molecular weight is 287 g/mol. The molecule has 1 aliphatic rings. The first-order valence-electron chi connectivity index (χ1n) is 7.69. The summed E-state index contributed by atoms with van der Waals surface area (Å²) in [6, 6.07) is 5.95. The first kappa shape index (κ1) is 14.0. The Labute approximate surface area is 124 Å². The molecule has 1 aliphatic carbocycles. The lowest BCUT2D eigenvalue weighted by Gasteiger charge is -2.13. The van der Waals surface area contributed by atoms with Crippen LogP contribution in [0.4, 0.5) is 0 Å². The zero-order chi connectivity index (χ0) is 14.8. The minimum Gasteiger partial charge on any atom is -0.490 e. The van der Waals surface area contributed by atoms with Gasteiger partial charge in [0.2, 0.25) is 0 Å². The first-order chi connectivity index (χ1) is 10.2. The second-order valence-electron chi connectivity index (χ2n) is 5.74. The van der Waals surface area contributed by atoms with E-state index in [0.717, 1.165) is 47.2 Å². The van der Waals surface area contributed by atoms with Crippen LogP contribution in [-0.2, 0) is 17.6 Å². The predicted molar refractivity (Wildman–Crippen MR) is 81.9 cm³/mol. The third-order valence-corrected chi connectivity index (χ3v) is 4.25. The highest BCUT2D eigenvalue weighted by molar-refractivity contribution is 5.89. The highest BCUT2D eigenvalue weighted by Crippen LogP contribution is 2.30. The van der Waals surface area contributed by atoms with E-state index >= 15 is 0 Å². The summed E-state index contributed by atoms with van der Waals surface area (Å²) >= 11 is 0. The van der Waals surface area contributed by atoms with E-state index in [1.807, 2.05) is 25.1 Å². The van der Waals surface area contributed by atoms with Crippen LogP contribution in [0.1, 0.15) is 43.9 Å². The smallest absolute Gasteiger partial charge is 0.307 e. The zero-order valence-electron chi connectivity index (χ0n) is 12.3. The van der Waals surface area contributed by atoms with Crippen molar-refractivity contribution < 1.29 is 14.6 Å². The number of aromatic amines is 1. The van der Waals surface area contributed by atoms with E-state index in [9.17, 15) is 4.79 Å². The van der Waals surface area contributed by atoms with Crippen LogP contribution in [0.3, 0.4) is 0 Å². The van der Waals surface area contributed by atoms with Crippen molar-refractivity contribution in [2.24, 2.45) is 0 Å². The van der Waals surface area contributed by atoms with Gasteiger partial charge in [-0.1, -0.05) is 6.92 Å². The van der Waals surface area contributed by atoms with E-state index in [4.69, 9.17) is 9.84 Å². The fourth-order valence-corrected chi connectivity index (χ4v) is 3.21. The summed E-state index contributed by atoms with van der Waals surface area (Å²) in [7, 11) is 0. The van der Waals surface area contributed by atoms with Crippen LogP contribution in [0.15, 0.2) is 18.2 Å². The van der Waals surface area contributed by atoms with E-state index < -0.39 is 5.97 Å². The van der Waals surface area contributed by atoms with Crippen LogP contribution in [0.25, 0.3) is 10.9 Å². The van der Waals surface area contributed by atoms with Gasteiger partial charge in [0, 0.05) is 16.6 Å². The van der Waals surface area contributed by atoms with Crippen molar-refractivity contribution in [1.82, 2.24) is 4.98 Å². The summed E-state index contributed by atoms with van der Waals surface area (Å²) in [5.74, 6) is 0.0513. The number of benzene rings is 1. The zero-order valence-corrected chi connectivity index (χ0v) is 12.3. The topological polar surface area (TPSA) is 62.3 Å². The Morgan fingerprint density at radius 3 is 2.81 bits per heavy atom. The van der Waals surface area contributed by atoms with Gasteiger partial charge in [0.05, 0.1) is 12.5 Å². The number of aryl methyl sites for hydroxylation is 1. The highest BCUT2D eigenvalue weighted by Gasteiger charge is 2.18. The van der Waals surface area contributed by atoms with Crippen LogP contribution < -0.4 is 4.74 Å². The number of hydrogen-bond donors (Lipinski definition) is 2. The molecule has 1 saturated carbocycles. The van der Waals surface area contributed by atoms with Gasteiger partial charge in [-0.3, -0.25) is 4.79 Å². The minimum atomic E-state index is -0.798. The number of carboxylic acids is 1. The molecule has 4 nitrogen and oxygen atoms in total. The molecule has 2 N–H and O–H groups in total. The second kappa shape index (κ2) is 5.80. The van der Waals surface area contributed by atoms with Crippen molar-refractivity contribution in [3.05, 3.63) is 29.5 Å². The molecule has 0 radical (unpaired) electrons. The number of carboxylic acid groups (broad SMARTS) is 1. The fraction of sp³-hybridized carbons (Fsp3) is 0.471. The van der Waals surface area contributed by atoms with Gasteiger partial charge in [-0.25, -0.2) is 0 Å². The first-order valence-corrected chi connectivity index (χ1v) is 7.69. The van der Waals surface area contributed by atoms with Gasteiger partial charge in [0.1, 0.15) is 5.75 Å². The molecule has 0 spiro atoms. The van der Waals surface area contributed by atoms with Crippen LogP contribution in [0, 0.1) is 0 Å². The number of H-pyrrole nitrogens is 1. The Kier molecular flexibility index (Phi) is 3.86. The maximum Gasteiger partial charge on any atom is 0.307 e. The molecular weight excluding hydrogens is 266 g/mol. The molecule has 2 aromatic rings. The van der Waals surface area contributed by atoms with E-state index in [2.05, 4.69) is 4.98 Å². The largest absolute Gasteiger partial charge is 0.490 e. The summed E-state index contributed by atoms with van der Waals surface area (Å²) in [6.45, 7) is 2.03. The van der Waals surface area contributed by atoms with Gasteiger partial charge >= 0.3 is 5.97 Å². The lowest BCUT2D eigenvalue weighted by molar-refractivity contribution is -0.136. The van der Waals surface area contributed by atoms with E-state index in [1.165, 1.54) is 12.8 Å². The van der Waals surface area contributed by atoms with Gasteiger partial charge in [-0.15, -0.1) is 0 Å².